The Bertz CT molecular complexity index is 721. The van der Waals surface area contributed by atoms with Gasteiger partial charge in [-0.3, -0.25) is 9.58 Å². The molecule has 0 amide bonds. The molecule has 2 aliphatic rings. The summed E-state index contributed by atoms with van der Waals surface area (Å²) in [5.41, 5.74) is 2.64. The van der Waals surface area contributed by atoms with Crippen LogP contribution in [0.3, 0.4) is 0 Å². The first-order valence-electron chi connectivity index (χ1n) is 9.16. The first-order chi connectivity index (χ1) is 12.1. The molecule has 2 aromatic rings. The topological polar surface area (TPSA) is 30.3 Å². The molecule has 3 heterocycles. The van der Waals surface area contributed by atoms with Gasteiger partial charge in [0.2, 0.25) is 0 Å². The van der Waals surface area contributed by atoms with E-state index in [-0.39, 0.29) is 11.9 Å². The van der Waals surface area contributed by atoms with Crippen molar-refractivity contribution >= 4 is 0 Å². The van der Waals surface area contributed by atoms with Crippen molar-refractivity contribution < 1.29 is 9.13 Å². The van der Waals surface area contributed by atoms with E-state index in [0.29, 0.717) is 5.41 Å². The van der Waals surface area contributed by atoms with E-state index in [1.54, 1.807) is 12.1 Å². The van der Waals surface area contributed by atoms with E-state index in [4.69, 9.17) is 4.74 Å². The van der Waals surface area contributed by atoms with E-state index in [2.05, 4.69) is 16.2 Å². The van der Waals surface area contributed by atoms with E-state index in [0.717, 1.165) is 44.6 Å². The maximum atomic E-state index is 13.4. The second-order valence-corrected chi connectivity index (χ2v) is 7.77. The highest BCUT2D eigenvalue weighted by Crippen LogP contribution is 2.42. The van der Waals surface area contributed by atoms with Gasteiger partial charge >= 0.3 is 0 Å². The summed E-state index contributed by atoms with van der Waals surface area (Å²) in [6.45, 7) is 4.07. The summed E-state index contributed by atoms with van der Waals surface area (Å²) in [4.78, 5) is 2.52. The monoisotopic (exact) mass is 343 g/mol. The van der Waals surface area contributed by atoms with Crippen molar-refractivity contribution in [3.8, 4) is 0 Å². The molecule has 0 saturated carbocycles. The number of piperidine rings is 1. The fraction of sp³-hybridized carbons (Fsp3) is 0.550. The van der Waals surface area contributed by atoms with Gasteiger partial charge in [0.05, 0.1) is 18.9 Å². The Balaban J connectivity index is 1.29. The second kappa shape index (κ2) is 6.89. The lowest BCUT2D eigenvalue weighted by Gasteiger charge is -2.38. The molecule has 2 fully saturated rings. The van der Waals surface area contributed by atoms with Crippen molar-refractivity contribution in [2.45, 2.75) is 38.3 Å². The predicted octanol–water partition coefficient (Wildman–Crippen LogP) is 3.17. The number of benzene rings is 1. The summed E-state index contributed by atoms with van der Waals surface area (Å²) in [5, 5.41) is 4.25. The van der Waals surface area contributed by atoms with E-state index >= 15 is 0 Å². The van der Waals surface area contributed by atoms with Gasteiger partial charge in [-0.25, -0.2) is 4.39 Å². The highest BCUT2D eigenvalue weighted by Gasteiger charge is 2.42. The van der Waals surface area contributed by atoms with Crippen LogP contribution in [0.2, 0.25) is 0 Å². The summed E-state index contributed by atoms with van der Waals surface area (Å²) in [6.07, 6.45) is 8.57. The molecule has 25 heavy (non-hydrogen) atoms. The van der Waals surface area contributed by atoms with Crippen molar-refractivity contribution in [1.82, 2.24) is 14.7 Å². The molecule has 1 aromatic heterocycles. The van der Waals surface area contributed by atoms with Crippen LogP contribution in [0.5, 0.6) is 0 Å². The lowest BCUT2D eigenvalue weighted by atomic mass is 9.76. The number of likely N-dealkylation sites (tertiary alicyclic amines) is 1. The zero-order valence-corrected chi connectivity index (χ0v) is 14.8. The molecule has 4 nitrogen and oxygen atoms in total. The summed E-state index contributed by atoms with van der Waals surface area (Å²) in [7, 11) is 1.96. The maximum Gasteiger partial charge on any atom is 0.123 e. The molecule has 1 aromatic carbocycles. The number of halogens is 1. The van der Waals surface area contributed by atoms with Gasteiger partial charge in [-0.15, -0.1) is 0 Å². The SMILES string of the molecule is Cn1cc(CN2CCC3(CC2)COC(Cc2cccc(F)c2)C3)cn1. The van der Waals surface area contributed by atoms with Crippen molar-refractivity contribution in [1.29, 1.82) is 0 Å². The highest BCUT2D eigenvalue weighted by atomic mass is 19.1. The van der Waals surface area contributed by atoms with Gasteiger partial charge in [0.25, 0.3) is 0 Å². The minimum atomic E-state index is -0.158. The van der Waals surface area contributed by atoms with Crippen molar-refractivity contribution in [3.05, 3.63) is 53.6 Å². The number of rotatable bonds is 4. The molecule has 2 aliphatic heterocycles. The Labute approximate surface area is 148 Å². The van der Waals surface area contributed by atoms with Crippen LogP contribution >= 0.6 is 0 Å². The second-order valence-electron chi connectivity index (χ2n) is 7.77. The van der Waals surface area contributed by atoms with Gasteiger partial charge in [-0.05, 0) is 61.9 Å². The molecule has 0 bridgehead atoms. The van der Waals surface area contributed by atoms with E-state index < -0.39 is 0 Å². The highest BCUT2D eigenvalue weighted by molar-refractivity contribution is 5.17. The van der Waals surface area contributed by atoms with Gasteiger partial charge < -0.3 is 4.74 Å². The largest absolute Gasteiger partial charge is 0.377 e. The molecule has 0 aliphatic carbocycles. The molecule has 5 heteroatoms. The van der Waals surface area contributed by atoms with Gasteiger partial charge in [0.1, 0.15) is 5.82 Å². The van der Waals surface area contributed by atoms with Crippen molar-refractivity contribution in [2.24, 2.45) is 12.5 Å². The first kappa shape index (κ1) is 16.7. The fourth-order valence-corrected chi connectivity index (χ4v) is 4.30. The number of nitrogens with zero attached hydrogens (tertiary/aromatic N) is 3. The molecular formula is C20H26FN3O. The maximum absolute atomic E-state index is 13.4. The zero-order valence-electron chi connectivity index (χ0n) is 14.8. The quantitative estimate of drug-likeness (QED) is 0.854. The summed E-state index contributed by atoms with van der Waals surface area (Å²) >= 11 is 0. The Morgan fingerprint density at radius 2 is 2.12 bits per heavy atom. The molecule has 1 atom stereocenters. The number of aromatic nitrogens is 2. The minimum absolute atomic E-state index is 0.158. The average molecular weight is 343 g/mol. The normalized spacial score (nSPS) is 23.4. The summed E-state index contributed by atoms with van der Waals surface area (Å²) in [6, 6.07) is 6.91. The lowest BCUT2D eigenvalue weighted by Crippen LogP contribution is -2.40. The van der Waals surface area contributed by atoms with Crippen LogP contribution in [0.4, 0.5) is 4.39 Å². The van der Waals surface area contributed by atoms with Gasteiger partial charge in [0.15, 0.2) is 0 Å². The van der Waals surface area contributed by atoms with Crippen LogP contribution in [0.15, 0.2) is 36.7 Å². The first-order valence-corrected chi connectivity index (χ1v) is 9.16. The third-order valence-corrected chi connectivity index (χ3v) is 5.72. The summed E-state index contributed by atoms with van der Waals surface area (Å²) < 4.78 is 21.3. The van der Waals surface area contributed by atoms with Gasteiger partial charge in [-0.1, -0.05) is 12.1 Å². The van der Waals surface area contributed by atoms with Crippen LogP contribution < -0.4 is 0 Å². The minimum Gasteiger partial charge on any atom is -0.377 e. The number of hydrogen-bond donors (Lipinski definition) is 0. The van der Waals surface area contributed by atoms with Crippen LogP contribution in [-0.4, -0.2) is 40.5 Å². The molecule has 0 N–H and O–H groups in total. The molecule has 134 valence electrons. The standard InChI is InChI=1S/C20H26FN3O/c1-23-13-17(12-22-23)14-24-7-5-20(6-8-24)11-19(25-15-20)10-16-3-2-4-18(21)9-16/h2-4,9,12-13,19H,5-8,10-11,14-15H2,1H3. The average Bonchev–Trinajstić information content (AvgIpc) is 3.17. The van der Waals surface area contributed by atoms with E-state index in [1.165, 1.54) is 24.5 Å². The third-order valence-electron chi connectivity index (χ3n) is 5.72. The Kier molecular flexibility index (Phi) is 4.61. The molecule has 0 radical (unpaired) electrons. The van der Waals surface area contributed by atoms with E-state index in [1.807, 2.05) is 24.0 Å². The lowest BCUT2D eigenvalue weighted by molar-refractivity contribution is 0.0631. The molecule has 1 spiro atoms. The number of aryl methyl sites for hydroxylation is 1. The van der Waals surface area contributed by atoms with Crippen LogP contribution in [-0.2, 0) is 24.8 Å². The van der Waals surface area contributed by atoms with Crippen molar-refractivity contribution in [3.63, 3.8) is 0 Å². The van der Waals surface area contributed by atoms with Crippen LogP contribution in [0.25, 0.3) is 0 Å². The Hall–Kier alpha value is -1.72. The van der Waals surface area contributed by atoms with Crippen LogP contribution in [0.1, 0.15) is 30.4 Å². The molecule has 4 rings (SSSR count). The van der Waals surface area contributed by atoms with Gasteiger partial charge in [0, 0.05) is 25.4 Å². The fourth-order valence-electron chi connectivity index (χ4n) is 4.30. The third kappa shape index (κ3) is 3.93. The van der Waals surface area contributed by atoms with Crippen LogP contribution in [0, 0.1) is 11.2 Å². The molecule has 2 saturated heterocycles. The van der Waals surface area contributed by atoms with Crippen molar-refractivity contribution in [2.75, 3.05) is 19.7 Å². The van der Waals surface area contributed by atoms with Gasteiger partial charge in [-0.2, -0.15) is 5.10 Å². The number of hydrogen-bond acceptors (Lipinski definition) is 3. The Morgan fingerprint density at radius 1 is 1.28 bits per heavy atom. The summed E-state index contributed by atoms with van der Waals surface area (Å²) in [5.74, 6) is -0.158. The number of ether oxygens (including phenoxy) is 1. The predicted molar refractivity (Wildman–Crippen MR) is 94.6 cm³/mol. The van der Waals surface area contributed by atoms with E-state index in [9.17, 15) is 4.39 Å². The molecule has 1 unspecified atom stereocenters. The smallest absolute Gasteiger partial charge is 0.123 e. The molecular weight excluding hydrogens is 317 g/mol. The Morgan fingerprint density at radius 3 is 2.84 bits per heavy atom. The zero-order chi connectivity index (χ0) is 17.3.